The molecule has 0 unspecified atom stereocenters. The normalized spacial score (nSPS) is 19.5. The maximum absolute atomic E-state index is 12.9. The van der Waals surface area contributed by atoms with Gasteiger partial charge < -0.3 is 10.6 Å². The van der Waals surface area contributed by atoms with Crippen LogP contribution in [0.2, 0.25) is 0 Å². The molecule has 27 heavy (non-hydrogen) atoms. The van der Waals surface area contributed by atoms with E-state index in [1.807, 2.05) is 6.07 Å². The van der Waals surface area contributed by atoms with Gasteiger partial charge in [0.15, 0.2) is 5.82 Å². The molecule has 8 heteroatoms. The molecule has 0 spiro atoms. The van der Waals surface area contributed by atoms with Crippen LogP contribution >= 0.6 is 0 Å². The van der Waals surface area contributed by atoms with Gasteiger partial charge in [0.25, 0.3) is 0 Å². The third-order valence-corrected chi connectivity index (χ3v) is 5.54. The lowest BCUT2D eigenvalue weighted by molar-refractivity contribution is -0.137. The van der Waals surface area contributed by atoms with Crippen LogP contribution in [0.3, 0.4) is 0 Å². The number of nitrogens with zero attached hydrogens (tertiary/aromatic N) is 3. The molecule has 0 bridgehead atoms. The molecule has 0 amide bonds. The minimum atomic E-state index is -4.39. The molecule has 5 nitrogen and oxygen atoms in total. The van der Waals surface area contributed by atoms with Gasteiger partial charge in [-0.25, -0.2) is 4.98 Å². The summed E-state index contributed by atoms with van der Waals surface area (Å²) >= 11 is 0. The van der Waals surface area contributed by atoms with Crippen LogP contribution in [-0.2, 0) is 6.18 Å². The number of rotatable bonds is 4. The molecule has 2 aromatic heterocycles. The summed E-state index contributed by atoms with van der Waals surface area (Å²) in [7, 11) is 0. The molecule has 0 radical (unpaired) electrons. The summed E-state index contributed by atoms with van der Waals surface area (Å²) in [6.07, 6.45) is 3.53. The van der Waals surface area contributed by atoms with Crippen molar-refractivity contribution < 1.29 is 13.2 Å². The molecule has 0 aromatic carbocycles. The number of hydrogen-bond acceptors (Lipinski definition) is 4. The molecule has 4 rings (SSSR count). The van der Waals surface area contributed by atoms with Crippen LogP contribution in [0.1, 0.15) is 61.7 Å². The third-order valence-electron chi connectivity index (χ3n) is 5.54. The van der Waals surface area contributed by atoms with E-state index in [9.17, 15) is 13.2 Å². The predicted octanol–water partition coefficient (Wildman–Crippen LogP) is 4.62. The van der Waals surface area contributed by atoms with Crippen molar-refractivity contribution in [3.63, 3.8) is 0 Å². The number of piperidine rings is 1. The largest absolute Gasteiger partial charge is 0.416 e. The summed E-state index contributed by atoms with van der Waals surface area (Å²) in [6.45, 7) is 1.97. The van der Waals surface area contributed by atoms with Gasteiger partial charge in [0.05, 0.1) is 11.6 Å². The van der Waals surface area contributed by atoms with Gasteiger partial charge in [-0.15, -0.1) is 0 Å². The van der Waals surface area contributed by atoms with Crippen molar-refractivity contribution in [3.8, 4) is 0 Å². The first-order valence-electron chi connectivity index (χ1n) is 9.61. The van der Waals surface area contributed by atoms with Crippen molar-refractivity contribution in [3.05, 3.63) is 35.7 Å². The average molecular weight is 379 g/mol. The fourth-order valence-corrected chi connectivity index (χ4v) is 4.14. The zero-order valence-electron chi connectivity index (χ0n) is 15.1. The molecule has 2 aromatic rings. The smallest absolute Gasteiger partial charge is 0.323 e. The van der Waals surface area contributed by atoms with Crippen molar-refractivity contribution >= 4 is 11.6 Å². The van der Waals surface area contributed by atoms with E-state index < -0.39 is 11.7 Å². The summed E-state index contributed by atoms with van der Waals surface area (Å²) in [5.41, 5.74) is 0.478. The monoisotopic (exact) mass is 379 g/mol. The molecule has 1 saturated heterocycles. The molecule has 2 N–H and O–H groups in total. The first-order valence-corrected chi connectivity index (χ1v) is 9.61. The number of aromatic nitrogens is 3. The van der Waals surface area contributed by atoms with Crippen LogP contribution < -0.4 is 10.6 Å². The molecule has 3 heterocycles. The lowest BCUT2D eigenvalue weighted by Crippen LogP contribution is -2.28. The molecule has 1 saturated carbocycles. The lowest BCUT2D eigenvalue weighted by Gasteiger charge is -2.25. The van der Waals surface area contributed by atoms with Gasteiger partial charge in [-0.1, -0.05) is 12.8 Å². The predicted molar refractivity (Wildman–Crippen MR) is 97.1 cm³/mol. The second-order valence-corrected chi connectivity index (χ2v) is 7.41. The van der Waals surface area contributed by atoms with E-state index in [2.05, 4.69) is 20.3 Å². The third kappa shape index (κ3) is 4.10. The molecule has 1 aliphatic heterocycles. The Labute approximate surface area is 156 Å². The van der Waals surface area contributed by atoms with Crippen LogP contribution in [0.4, 0.5) is 24.8 Å². The summed E-state index contributed by atoms with van der Waals surface area (Å²) in [6, 6.07) is 4.39. The molecular weight excluding hydrogens is 355 g/mol. The Morgan fingerprint density at radius 1 is 1.04 bits per heavy atom. The van der Waals surface area contributed by atoms with Gasteiger partial charge in [-0.2, -0.15) is 18.3 Å². The van der Waals surface area contributed by atoms with Gasteiger partial charge >= 0.3 is 6.18 Å². The second-order valence-electron chi connectivity index (χ2n) is 7.41. The van der Waals surface area contributed by atoms with Gasteiger partial charge in [0, 0.05) is 23.9 Å². The van der Waals surface area contributed by atoms with Crippen LogP contribution in [0, 0.1) is 0 Å². The Morgan fingerprint density at radius 2 is 1.78 bits per heavy atom. The first-order chi connectivity index (χ1) is 13.0. The highest BCUT2D eigenvalue weighted by Gasteiger charge is 2.31. The molecule has 2 fully saturated rings. The number of hydrogen-bond donors (Lipinski definition) is 2. The van der Waals surface area contributed by atoms with Crippen molar-refractivity contribution in [1.82, 2.24) is 20.1 Å². The Bertz CT molecular complexity index is 774. The highest BCUT2D eigenvalue weighted by molar-refractivity contribution is 5.53. The van der Waals surface area contributed by atoms with E-state index in [1.54, 1.807) is 0 Å². The average Bonchev–Trinajstić information content (AvgIpc) is 3.31. The van der Waals surface area contributed by atoms with E-state index in [0.29, 0.717) is 17.8 Å². The standard InChI is InChI=1S/C19H24F3N5/c20-19(21,22)14-7-10-24-17(11-14)25-18-12-16(13-5-8-23-9-6-13)27(26-18)15-3-1-2-4-15/h7,10-13,15,23H,1-6,8-9H2,(H,24,25,26). The number of anilines is 2. The number of halogens is 3. The fraction of sp³-hybridized carbons (Fsp3) is 0.579. The van der Waals surface area contributed by atoms with Crippen LogP contribution in [0.15, 0.2) is 24.4 Å². The van der Waals surface area contributed by atoms with Crippen LogP contribution in [0.25, 0.3) is 0 Å². The second kappa shape index (κ2) is 7.50. The van der Waals surface area contributed by atoms with Crippen molar-refractivity contribution in [1.29, 1.82) is 0 Å². The Kier molecular flexibility index (Phi) is 5.08. The van der Waals surface area contributed by atoms with Crippen molar-refractivity contribution in [2.24, 2.45) is 0 Å². The van der Waals surface area contributed by atoms with Gasteiger partial charge in [-0.3, -0.25) is 4.68 Å². The van der Waals surface area contributed by atoms with Crippen LogP contribution in [0.5, 0.6) is 0 Å². The van der Waals surface area contributed by atoms with Gasteiger partial charge in [0.1, 0.15) is 5.82 Å². The minimum Gasteiger partial charge on any atom is -0.323 e. The number of nitrogens with one attached hydrogen (secondary N) is 2. The summed E-state index contributed by atoms with van der Waals surface area (Å²) < 4.78 is 40.9. The SMILES string of the molecule is FC(F)(F)c1ccnc(Nc2cc(C3CCNCC3)n(C3CCCC3)n2)c1. The van der Waals surface area contributed by atoms with E-state index in [1.165, 1.54) is 24.7 Å². The number of alkyl halides is 3. The topological polar surface area (TPSA) is 54.8 Å². The molecule has 1 aliphatic carbocycles. The van der Waals surface area contributed by atoms with Crippen LogP contribution in [-0.4, -0.2) is 27.9 Å². The summed E-state index contributed by atoms with van der Waals surface area (Å²) in [5, 5.41) is 11.1. The minimum absolute atomic E-state index is 0.165. The van der Waals surface area contributed by atoms with E-state index in [-0.39, 0.29) is 5.82 Å². The van der Waals surface area contributed by atoms with Crippen molar-refractivity contribution in [2.45, 2.75) is 56.7 Å². The molecule has 0 atom stereocenters. The Hall–Kier alpha value is -2.09. The highest BCUT2D eigenvalue weighted by Crippen LogP contribution is 2.36. The van der Waals surface area contributed by atoms with Crippen molar-refractivity contribution in [2.75, 3.05) is 18.4 Å². The zero-order valence-corrected chi connectivity index (χ0v) is 15.1. The summed E-state index contributed by atoms with van der Waals surface area (Å²) in [5.74, 6) is 1.17. The maximum atomic E-state index is 12.9. The van der Waals surface area contributed by atoms with E-state index >= 15 is 0 Å². The lowest BCUT2D eigenvalue weighted by atomic mass is 9.94. The molecule has 146 valence electrons. The maximum Gasteiger partial charge on any atom is 0.416 e. The zero-order chi connectivity index (χ0) is 18.9. The molecular formula is C19H24F3N5. The summed E-state index contributed by atoms with van der Waals surface area (Å²) in [4.78, 5) is 4.03. The van der Waals surface area contributed by atoms with Gasteiger partial charge in [-0.05, 0) is 50.9 Å². The van der Waals surface area contributed by atoms with Gasteiger partial charge in [0.2, 0.25) is 0 Å². The number of pyridine rings is 1. The molecule has 2 aliphatic rings. The van der Waals surface area contributed by atoms with E-state index in [4.69, 9.17) is 5.10 Å². The highest BCUT2D eigenvalue weighted by atomic mass is 19.4. The quantitative estimate of drug-likeness (QED) is 0.814. The Balaban J connectivity index is 1.61. The van der Waals surface area contributed by atoms with E-state index in [0.717, 1.165) is 50.9 Å². The fourth-order valence-electron chi connectivity index (χ4n) is 4.14. The Morgan fingerprint density at radius 3 is 2.48 bits per heavy atom. The first kappa shape index (κ1) is 18.3.